The van der Waals surface area contributed by atoms with Crippen molar-refractivity contribution in [2.45, 2.75) is 46.1 Å². The minimum Gasteiger partial charge on any atom is -0.355 e. The molecule has 0 unspecified atom stereocenters. The van der Waals surface area contributed by atoms with Crippen LogP contribution in [0.3, 0.4) is 0 Å². The molecule has 1 heterocycles. The van der Waals surface area contributed by atoms with Crippen LogP contribution in [0, 0.1) is 19.3 Å². The average Bonchev–Trinajstić information content (AvgIpc) is 3.15. The van der Waals surface area contributed by atoms with Gasteiger partial charge in [0.05, 0.1) is 17.7 Å². The summed E-state index contributed by atoms with van der Waals surface area (Å²) < 4.78 is 0. The van der Waals surface area contributed by atoms with Crippen LogP contribution >= 0.6 is 35.3 Å². The van der Waals surface area contributed by atoms with E-state index in [0.29, 0.717) is 13.1 Å². The second-order valence-corrected chi connectivity index (χ2v) is 8.00. The lowest BCUT2D eigenvalue weighted by molar-refractivity contribution is -0.138. The Bertz CT molecular complexity index is 589. The molecular formula is C17H30IN5OS. The predicted molar refractivity (Wildman–Crippen MR) is 115 cm³/mol. The maximum Gasteiger partial charge on any atom is 0.230 e. The fourth-order valence-corrected chi connectivity index (χ4v) is 4.11. The fourth-order valence-electron chi connectivity index (χ4n) is 3.24. The number of halogens is 1. The number of aliphatic imine (C=N–C) groups is 1. The summed E-state index contributed by atoms with van der Waals surface area (Å²) in [5, 5.41) is 7.69. The van der Waals surface area contributed by atoms with Crippen molar-refractivity contribution in [3.8, 4) is 0 Å². The number of aromatic nitrogens is 1. The topological polar surface area (TPSA) is 69.6 Å². The molecule has 1 aromatic heterocycles. The SMILES string of the molecule is CN=C(NCc1nc(C)c(C)s1)NCC1(C(=O)N(C)C)CCCC1.I. The normalized spacial score (nSPS) is 16.3. The van der Waals surface area contributed by atoms with Gasteiger partial charge in [0.15, 0.2) is 5.96 Å². The van der Waals surface area contributed by atoms with Gasteiger partial charge >= 0.3 is 0 Å². The van der Waals surface area contributed by atoms with Gasteiger partial charge in [-0.25, -0.2) is 4.98 Å². The zero-order valence-corrected chi connectivity index (χ0v) is 19.0. The van der Waals surface area contributed by atoms with Crippen molar-refractivity contribution in [2.75, 3.05) is 27.7 Å². The Morgan fingerprint density at radius 3 is 2.40 bits per heavy atom. The van der Waals surface area contributed by atoms with E-state index in [1.807, 2.05) is 21.0 Å². The van der Waals surface area contributed by atoms with Gasteiger partial charge in [0.25, 0.3) is 0 Å². The van der Waals surface area contributed by atoms with Gasteiger partial charge in [0.2, 0.25) is 5.91 Å². The van der Waals surface area contributed by atoms with E-state index in [1.165, 1.54) is 4.88 Å². The summed E-state index contributed by atoms with van der Waals surface area (Å²) in [5.74, 6) is 0.937. The molecule has 1 amide bonds. The molecule has 0 radical (unpaired) electrons. The maximum absolute atomic E-state index is 12.6. The van der Waals surface area contributed by atoms with Crippen molar-refractivity contribution in [3.05, 3.63) is 15.6 Å². The van der Waals surface area contributed by atoms with Gasteiger partial charge in [-0.1, -0.05) is 12.8 Å². The highest BCUT2D eigenvalue weighted by Gasteiger charge is 2.42. The summed E-state index contributed by atoms with van der Waals surface area (Å²) in [4.78, 5) is 24.4. The van der Waals surface area contributed by atoms with Crippen LogP contribution in [0.2, 0.25) is 0 Å². The molecule has 0 bridgehead atoms. The Hall–Kier alpha value is -0.900. The van der Waals surface area contributed by atoms with Gasteiger partial charge < -0.3 is 15.5 Å². The first-order valence-electron chi connectivity index (χ1n) is 8.47. The number of guanidine groups is 1. The minimum atomic E-state index is -0.296. The largest absolute Gasteiger partial charge is 0.355 e. The third kappa shape index (κ3) is 5.54. The van der Waals surface area contributed by atoms with Crippen LogP contribution in [0.15, 0.2) is 4.99 Å². The smallest absolute Gasteiger partial charge is 0.230 e. The van der Waals surface area contributed by atoms with E-state index < -0.39 is 0 Å². The molecule has 1 saturated carbocycles. The molecule has 1 aromatic rings. The van der Waals surface area contributed by atoms with Crippen LogP contribution in [0.4, 0.5) is 0 Å². The molecule has 6 nitrogen and oxygen atoms in total. The Morgan fingerprint density at radius 2 is 1.92 bits per heavy atom. The minimum absolute atomic E-state index is 0. The average molecular weight is 479 g/mol. The summed E-state index contributed by atoms with van der Waals surface area (Å²) >= 11 is 1.70. The number of thiazole rings is 1. The fraction of sp³-hybridized carbons (Fsp3) is 0.706. The van der Waals surface area contributed by atoms with Gasteiger partial charge in [0.1, 0.15) is 5.01 Å². The number of carbonyl (C=O) groups excluding carboxylic acids is 1. The van der Waals surface area contributed by atoms with Crippen molar-refractivity contribution < 1.29 is 4.79 Å². The van der Waals surface area contributed by atoms with E-state index in [9.17, 15) is 4.79 Å². The van der Waals surface area contributed by atoms with Gasteiger partial charge in [-0.3, -0.25) is 9.79 Å². The van der Waals surface area contributed by atoms with Gasteiger partial charge in [-0.2, -0.15) is 0 Å². The highest BCUT2D eigenvalue weighted by atomic mass is 127. The number of carbonyl (C=O) groups is 1. The zero-order chi connectivity index (χ0) is 17.7. The van der Waals surface area contributed by atoms with Crippen LogP contribution in [-0.2, 0) is 11.3 Å². The Balaban J connectivity index is 0.00000312. The molecule has 0 spiro atoms. The Morgan fingerprint density at radius 1 is 1.28 bits per heavy atom. The number of hydrogen-bond acceptors (Lipinski definition) is 4. The molecule has 2 N–H and O–H groups in total. The molecule has 25 heavy (non-hydrogen) atoms. The van der Waals surface area contributed by atoms with Crippen LogP contribution in [-0.4, -0.2) is 49.4 Å². The lowest BCUT2D eigenvalue weighted by Gasteiger charge is -2.31. The standard InChI is InChI=1S/C17H29N5OS.HI/c1-12-13(2)24-14(21-12)10-19-16(18-3)20-11-17(8-6-7-9-17)15(23)22(4)5;/h6-11H2,1-5H3,(H2,18,19,20);1H. The van der Waals surface area contributed by atoms with Crippen LogP contribution < -0.4 is 10.6 Å². The monoisotopic (exact) mass is 479 g/mol. The van der Waals surface area contributed by atoms with Crippen molar-refractivity contribution >= 4 is 47.2 Å². The second-order valence-electron chi connectivity index (χ2n) is 6.72. The first kappa shape index (κ1) is 22.1. The third-order valence-corrected chi connectivity index (χ3v) is 5.79. The molecule has 142 valence electrons. The summed E-state index contributed by atoms with van der Waals surface area (Å²) in [6, 6.07) is 0. The molecule has 0 saturated heterocycles. The summed E-state index contributed by atoms with van der Waals surface area (Å²) in [6.07, 6.45) is 4.12. The van der Waals surface area contributed by atoms with E-state index in [2.05, 4.69) is 27.5 Å². The van der Waals surface area contributed by atoms with E-state index in [4.69, 9.17) is 0 Å². The summed E-state index contributed by atoms with van der Waals surface area (Å²) in [6.45, 7) is 5.38. The molecule has 2 rings (SSSR count). The highest BCUT2D eigenvalue weighted by Crippen LogP contribution is 2.38. The molecular weight excluding hydrogens is 449 g/mol. The van der Waals surface area contributed by atoms with E-state index in [0.717, 1.165) is 42.3 Å². The third-order valence-electron chi connectivity index (χ3n) is 4.72. The number of nitrogens with one attached hydrogen (secondary N) is 2. The number of hydrogen-bond donors (Lipinski definition) is 2. The van der Waals surface area contributed by atoms with Gasteiger partial charge in [0, 0.05) is 32.6 Å². The van der Waals surface area contributed by atoms with Crippen molar-refractivity contribution in [1.29, 1.82) is 0 Å². The highest BCUT2D eigenvalue weighted by molar-refractivity contribution is 14.0. The summed E-state index contributed by atoms with van der Waals surface area (Å²) in [7, 11) is 5.42. The van der Waals surface area contributed by atoms with Gasteiger partial charge in [-0.15, -0.1) is 35.3 Å². The number of amides is 1. The molecule has 1 fully saturated rings. The van der Waals surface area contributed by atoms with E-state index >= 15 is 0 Å². The van der Waals surface area contributed by atoms with E-state index in [-0.39, 0.29) is 35.3 Å². The molecule has 8 heteroatoms. The van der Waals surface area contributed by atoms with E-state index in [1.54, 1.807) is 23.3 Å². The Labute approximate surface area is 171 Å². The predicted octanol–water partition coefficient (Wildman–Crippen LogP) is 2.69. The number of rotatable bonds is 5. The lowest BCUT2D eigenvalue weighted by Crippen LogP contribution is -2.49. The molecule has 1 aliphatic carbocycles. The Kier molecular flexibility index (Phi) is 8.59. The van der Waals surface area contributed by atoms with Crippen molar-refractivity contribution in [3.63, 3.8) is 0 Å². The van der Waals surface area contributed by atoms with Crippen LogP contribution in [0.1, 0.15) is 41.3 Å². The van der Waals surface area contributed by atoms with Crippen molar-refractivity contribution in [1.82, 2.24) is 20.5 Å². The molecule has 0 aromatic carbocycles. The number of aryl methyl sites for hydroxylation is 2. The summed E-state index contributed by atoms with van der Waals surface area (Å²) in [5.41, 5.74) is 0.788. The zero-order valence-electron chi connectivity index (χ0n) is 15.8. The molecule has 0 aliphatic heterocycles. The first-order chi connectivity index (χ1) is 11.4. The van der Waals surface area contributed by atoms with Crippen LogP contribution in [0.25, 0.3) is 0 Å². The molecule has 0 atom stereocenters. The molecule has 1 aliphatic rings. The lowest BCUT2D eigenvalue weighted by atomic mass is 9.84. The number of nitrogens with zero attached hydrogens (tertiary/aromatic N) is 3. The van der Waals surface area contributed by atoms with Gasteiger partial charge in [-0.05, 0) is 26.7 Å². The quantitative estimate of drug-likeness (QED) is 0.387. The maximum atomic E-state index is 12.6. The van der Waals surface area contributed by atoms with Crippen LogP contribution in [0.5, 0.6) is 0 Å². The van der Waals surface area contributed by atoms with Crippen molar-refractivity contribution in [2.24, 2.45) is 10.4 Å². The second kappa shape index (κ2) is 9.70. The first-order valence-corrected chi connectivity index (χ1v) is 9.29.